The van der Waals surface area contributed by atoms with E-state index in [1.165, 1.54) is 169 Å². The van der Waals surface area contributed by atoms with Crippen LogP contribution in [0.15, 0.2) is 0 Å². The molecular formula is C66H161N15O5. The zero-order valence-corrected chi connectivity index (χ0v) is 62.0. The SMILES string of the molecule is CCN.CCN(C)C.CCN(C)CCO.CCN(C)CCOC.CCN1CCC1.CCN1CCCC1.CCN1CCCCC1.CCN1CCN(C)CC1.CCN1CCNCC1.CCN1CCOCC1.CCNC.CCNCCO.CCNCCOC. The minimum Gasteiger partial charge on any atom is -0.395 e. The van der Waals surface area contributed by atoms with E-state index in [9.17, 15) is 0 Å². The molecule has 20 nitrogen and oxygen atoms in total. The highest BCUT2D eigenvalue weighted by Gasteiger charge is 2.11. The molecular weight excluding hydrogens is 1080 g/mol. The standard InChI is InChI=1S/C7H16N2.C7H15N.C6H14N2.C6H13NO.C6H15NO.C6H13N.2C5H13NO.C5H11N.C4H11NO.C4H11N.C3H9N.C2H7N/c1-3-9-6-4-8(2)5-7-9;1-2-8-6-4-3-5-7-8;1-2-8-5-3-7-4-6-8;1-2-7-3-5-8-6-4-7;1-4-7(2)5-6-8-3;1-2-7-5-3-4-6-7;1-3-6-4-5-7-2;1-3-6(2)4-5-7;1-2-6-4-3-5-6;1-2-5-3-4-6;1-4-5(2)3;1-3-4-2;1-2-3/h3-7H2,1-2H3;2-7H2,1H3;7H,2-6H2,1H3;2-6H2,1H3;4-6H2,1-3H3;2-6H2,1H3;6H,3-5H2,1-2H3;7H,3-5H2,1-2H3;2-5H2,1H3;5-6H,2-4H2,1H3;4H2,1-3H3;4H,3H2,1-2H3;2-3H2,1H3. The predicted octanol–water partition coefficient (Wildman–Crippen LogP) is 4.91. The summed E-state index contributed by atoms with van der Waals surface area (Å²) in [6, 6.07) is 0. The van der Waals surface area contributed by atoms with Gasteiger partial charge in [0.2, 0.25) is 0 Å². The lowest BCUT2D eigenvalue weighted by Gasteiger charge is -2.31. The smallest absolute Gasteiger partial charge is 0.0594 e. The predicted molar refractivity (Wildman–Crippen MR) is 381 cm³/mol. The number of methoxy groups -OCH3 is 2. The number of nitrogens with two attached hydrogens (primary N) is 1. The number of aliphatic hydroxyl groups excluding tert-OH is 2. The summed E-state index contributed by atoms with van der Waals surface area (Å²) >= 11 is 0. The highest BCUT2D eigenvalue weighted by Crippen LogP contribution is 2.07. The summed E-state index contributed by atoms with van der Waals surface area (Å²) in [7, 11) is 15.7. The fraction of sp³-hybridized carbons (Fsp3) is 1.00. The number of likely N-dealkylation sites (tertiary alicyclic amines) is 3. The second kappa shape index (κ2) is 88.4. The molecule has 0 aromatic heterocycles. The lowest BCUT2D eigenvalue weighted by molar-refractivity contribution is 0.0405. The highest BCUT2D eigenvalue weighted by atomic mass is 16.5. The molecule has 0 unspecified atom stereocenters. The number of hydrogen-bond acceptors (Lipinski definition) is 20. The first-order chi connectivity index (χ1) is 41.5. The van der Waals surface area contributed by atoms with Crippen molar-refractivity contribution in [2.24, 2.45) is 5.73 Å². The van der Waals surface area contributed by atoms with Crippen LogP contribution < -0.4 is 27.0 Å². The van der Waals surface area contributed by atoms with Gasteiger partial charge in [-0.2, -0.15) is 0 Å². The molecule has 0 aliphatic carbocycles. The lowest BCUT2D eigenvalue weighted by Crippen LogP contribution is -2.44. The zero-order chi connectivity index (χ0) is 66.5. The van der Waals surface area contributed by atoms with Crippen molar-refractivity contribution in [3.63, 3.8) is 0 Å². The van der Waals surface area contributed by atoms with Gasteiger partial charge in [0.1, 0.15) is 0 Å². The van der Waals surface area contributed by atoms with E-state index in [1.54, 1.807) is 14.2 Å². The molecule has 0 aromatic carbocycles. The average Bonchev–Trinajstić information content (AvgIpc) is 4.13. The van der Waals surface area contributed by atoms with E-state index >= 15 is 0 Å². The minimum absolute atomic E-state index is 0.244. The van der Waals surface area contributed by atoms with Crippen molar-refractivity contribution in [2.45, 2.75) is 129 Å². The number of rotatable bonds is 22. The molecule has 6 saturated heterocycles. The van der Waals surface area contributed by atoms with Crippen LogP contribution in [0.3, 0.4) is 0 Å². The molecule has 8 N–H and O–H groups in total. The maximum absolute atomic E-state index is 8.33. The fourth-order valence-corrected chi connectivity index (χ4v) is 7.52. The van der Waals surface area contributed by atoms with Crippen molar-refractivity contribution >= 4 is 0 Å². The topological polar surface area (TPSA) is 175 Å². The van der Waals surface area contributed by atoms with E-state index < -0.39 is 0 Å². The molecule has 6 aliphatic heterocycles. The number of nitrogens with zero attached hydrogens (tertiary/aromatic N) is 10. The molecule has 6 rings (SSSR count). The number of morpholine rings is 1. The molecule has 0 radical (unpaired) electrons. The molecule has 0 atom stereocenters. The Morgan fingerprint density at radius 2 is 0.802 bits per heavy atom. The summed E-state index contributed by atoms with van der Waals surface area (Å²) < 4.78 is 14.8. The number of piperidine rings is 1. The van der Waals surface area contributed by atoms with Crippen molar-refractivity contribution in [3.8, 4) is 0 Å². The maximum Gasteiger partial charge on any atom is 0.0594 e. The van der Waals surface area contributed by atoms with Crippen molar-refractivity contribution in [3.05, 3.63) is 0 Å². The van der Waals surface area contributed by atoms with Crippen LogP contribution in [0.2, 0.25) is 0 Å². The average molecular weight is 1250 g/mol. The Morgan fingerprint density at radius 3 is 1.06 bits per heavy atom. The normalized spacial score (nSPS) is 17.1. The van der Waals surface area contributed by atoms with Crippen LogP contribution in [-0.2, 0) is 14.2 Å². The Kier molecular flexibility index (Phi) is 102. The molecule has 0 bridgehead atoms. The van der Waals surface area contributed by atoms with Gasteiger partial charge < -0.3 is 95.5 Å². The molecule has 0 amide bonds. The third-order valence-corrected chi connectivity index (χ3v) is 14.7. The van der Waals surface area contributed by atoms with E-state index in [0.29, 0.717) is 0 Å². The maximum atomic E-state index is 8.33. The van der Waals surface area contributed by atoms with Gasteiger partial charge in [-0.1, -0.05) is 96.4 Å². The van der Waals surface area contributed by atoms with E-state index in [0.717, 1.165) is 112 Å². The third-order valence-electron chi connectivity index (χ3n) is 14.7. The van der Waals surface area contributed by atoms with Crippen molar-refractivity contribution in [1.29, 1.82) is 0 Å². The van der Waals surface area contributed by atoms with E-state index in [4.69, 9.17) is 30.2 Å². The second-order valence-electron chi connectivity index (χ2n) is 21.8. The quantitative estimate of drug-likeness (QED) is 0.0728. The van der Waals surface area contributed by atoms with Crippen molar-refractivity contribution < 1.29 is 24.4 Å². The van der Waals surface area contributed by atoms with Gasteiger partial charge in [-0.15, -0.1) is 0 Å². The summed E-state index contributed by atoms with van der Waals surface area (Å²) in [5.74, 6) is 0. The summed E-state index contributed by atoms with van der Waals surface area (Å²) in [6.07, 6.45) is 8.58. The van der Waals surface area contributed by atoms with Crippen LogP contribution in [0.25, 0.3) is 0 Å². The van der Waals surface area contributed by atoms with E-state index in [-0.39, 0.29) is 13.2 Å². The Hall–Kier alpha value is -0.800. The fourth-order valence-electron chi connectivity index (χ4n) is 7.52. The largest absolute Gasteiger partial charge is 0.395 e. The van der Waals surface area contributed by atoms with Crippen LogP contribution in [0.5, 0.6) is 0 Å². The molecule has 0 aromatic rings. The van der Waals surface area contributed by atoms with Gasteiger partial charge in [0.15, 0.2) is 0 Å². The Labute approximate surface area is 539 Å². The van der Waals surface area contributed by atoms with Crippen LogP contribution in [0.1, 0.15) is 129 Å². The van der Waals surface area contributed by atoms with Gasteiger partial charge in [0.25, 0.3) is 0 Å². The van der Waals surface area contributed by atoms with E-state index in [1.807, 2.05) is 27.9 Å². The van der Waals surface area contributed by atoms with E-state index in [2.05, 4.69) is 175 Å². The molecule has 0 spiro atoms. The Balaban J connectivity index is -0.000000158. The Morgan fingerprint density at radius 1 is 0.453 bits per heavy atom. The van der Waals surface area contributed by atoms with Gasteiger partial charge in [-0.05, 0) is 199 Å². The molecule has 6 fully saturated rings. The number of likely N-dealkylation sites (N-methyl/N-ethyl adjacent to an activating group) is 8. The first-order valence-electron chi connectivity index (χ1n) is 34.8. The first kappa shape index (κ1) is 98.8. The zero-order valence-electron chi connectivity index (χ0n) is 62.0. The summed E-state index contributed by atoms with van der Waals surface area (Å²) in [6.45, 7) is 69.7. The first-order valence-corrected chi connectivity index (χ1v) is 34.8. The third kappa shape index (κ3) is 89.6. The Bertz CT molecular complexity index is 1030. The molecule has 6 heterocycles. The number of nitrogens with one attached hydrogen (secondary N) is 4. The van der Waals surface area contributed by atoms with Gasteiger partial charge in [-0.3, -0.25) is 4.90 Å². The molecule has 6 aliphatic rings. The highest BCUT2D eigenvalue weighted by molar-refractivity contribution is 4.68. The monoisotopic (exact) mass is 1240 g/mol. The number of ether oxygens (including phenoxy) is 3. The van der Waals surface area contributed by atoms with Gasteiger partial charge >= 0.3 is 0 Å². The van der Waals surface area contributed by atoms with Crippen LogP contribution in [0, 0.1) is 0 Å². The van der Waals surface area contributed by atoms with Crippen LogP contribution in [0.4, 0.5) is 0 Å². The number of piperazine rings is 2. The lowest BCUT2D eigenvalue weighted by atomic mass is 10.1. The van der Waals surface area contributed by atoms with Gasteiger partial charge in [-0.25, -0.2) is 0 Å². The summed E-state index contributed by atoms with van der Waals surface area (Å²) in [4.78, 5) is 23.5. The van der Waals surface area contributed by atoms with Gasteiger partial charge in [0.05, 0.1) is 39.6 Å². The number of hydrogen-bond donors (Lipinski definition) is 7. The van der Waals surface area contributed by atoms with Crippen molar-refractivity contribution in [2.75, 3.05) is 312 Å². The number of aliphatic hydroxyl groups is 2. The molecule has 0 saturated carbocycles. The summed E-state index contributed by atoms with van der Waals surface area (Å²) in [5.41, 5.74) is 4.85. The summed E-state index contributed by atoms with van der Waals surface area (Å²) in [5, 5.41) is 28.8. The van der Waals surface area contributed by atoms with Crippen LogP contribution >= 0.6 is 0 Å². The molecule has 20 heteroatoms. The van der Waals surface area contributed by atoms with Crippen LogP contribution in [-0.4, -0.2) is 371 Å². The van der Waals surface area contributed by atoms with Gasteiger partial charge in [0, 0.05) is 106 Å². The molecule has 530 valence electrons. The molecule has 86 heavy (non-hydrogen) atoms. The van der Waals surface area contributed by atoms with Crippen molar-refractivity contribution in [1.82, 2.24) is 70.3 Å². The second-order valence-corrected chi connectivity index (χ2v) is 21.8. The minimum atomic E-state index is 0.244.